The molecule has 0 bridgehead atoms. The lowest BCUT2D eigenvalue weighted by molar-refractivity contribution is 0.100. The van der Waals surface area contributed by atoms with Crippen LogP contribution >= 0.6 is 34.8 Å². The standard InChI is InChI=1S/C8H7Cl2NO.C7H6ClNO/c1-4(11)6-2-5(9)3-7(10)8(6)12;8-6-3-1-5(2-4-6)7(9)10/h2-3,11-12H,1H3;1-4H,(H2,9,10). The van der Waals surface area contributed by atoms with Crippen molar-refractivity contribution in [2.24, 2.45) is 5.73 Å². The van der Waals surface area contributed by atoms with E-state index in [1.165, 1.54) is 12.1 Å². The van der Waals surface area contributed by atoms with Crippen LogP contribution < -0.4 is 5.73 Å². The summed E-state index contributed by atoms with van der Waals surface area (Å²) in [6, 6.07) is 9.37. The Morgan fingerprint density at radius 1 is 1.09 bits per heavy atom. The van der Waals surface area contributed by atoms with Gasteiger partial charge < -0.3 is 16.2 Å². The number of benzene rings is 2. The van der Waals surface area contributed by atoms with Crippen LogP contribution in [0.3, 0.4) is 0 Å². The first kappa shape index (κ1) is 18.3. The van der Waals surface area contributed by atoms with Gasteiger partial charge in [-0.05, 0) is 43.3 Å². The zero-order valence-corrected chi connectivity index (χ0v) is 13.8. The minimum absolute atomic E-state index is 0.0893. The Morgan fingerprint density at radius 3 is 2.09 bits per heavy atom. The summed E-state index contributed by atoms with van der Waals surface area (Å²) < 4.78 is 0. The SMILES string of the molecule is CC(=N)c1cc(Cl)cc(Cl)c1O.NC(=O)c1ccc(Cl)cc1. The zero-order chi connectivity index (χ0) is 16.9. The molecule has 22 heavy (non-hydrogen) atoms. The van der Waals surface area contributed by atoms with E-state index in [4.69, 9.17) is 45.9 Å². The fourth-order valence-electron chi connectivity index (χ4n) is 1.47. The number of primary amides is 1. The van der Waals surface area contributed by atoms with E-state index in [-0.39, 0.29) is 16.5 Å². The van der Waals surface area contributed by atoms with Crippen LogP contribution in [0.5, 0.6) is 5.75 Å². The van der Waals surface area contributed by atoms with Crippen molar-refractivity contribution in [1.82, 2.24) is 0 Å². The second-order valence-electron chi connectivity index (χ2n) is 4.28. The van der Waals surface area contributed by atoms with Gasteiger partial charge in [-0.25, -0.2) is 0 Å². The molecule has 4 N–H and O–H groups in total. The van der Waals surface area contributed by atoms with Gasteiger partial charge in [0.15, 0.2) is 0 Å². The molecule has 0 unspecified atom stereocenters. The Hall–Kier alpha value is -1.75. The fraction of sp³-hybridized carbons (Fsp3) is 0.0667. The monoisotopic (exact) mass is 358 g/mol. The van der Waals surface area contributed by atoms with Gasteiger partial charge in [0.25, 0.3) is 0 Å². The van der Waals surface area contributed by atoms with Crippen LogP contribution in [-0.2, 0) is 0 Å². The third kappa shape index (κ3) is 5.22. The van der Waals surface area contributed by atoms with E-state index in [1.807, 2.05) is 0 Å². The molecule has 0 aromatic heterocycles. The smallest absolute Gasteiger partial charge is 0.248 e. The summed E-state index contributed by atoms with van der Waals surface area (Å²) >= 11 is 16.9. The Morgan fingerprint density at radius 2 is 1.64 bits per heavy atom. The molecule has 0 fully saturated rings. The molecule has 116 valence electrons. The van der Waals surface area contributed by atoms with Crippen LogP contribution in [0.2, 0.25) is 15.1 Å². The molecular formula is C15H13Cl3N2O2. The van der Waals surface area contributed by atoms with Gasteiger partial charge in [-0.15, -0.1) is 0 Å². The maximum absolute atomic E-state index is 10.5. The highest BCUT2D eigenvalue weighted by Gasteiger charge is 2.08. The fourth-order valence-corrected chi connectivity index (χ4v) is 2.09. The van der Waals surface area contributed by atoms with Crippen molar-refractivity contribution in [2.45, 2.75) is 6.92 Å². The van der Waals surface area contributed by atoms with Gasteiger partial charge in [0, 0.05) is 26.9 Å². The first-order valence-electron chi connectivity index (χ1n) is 6.01. The molecule has 4 nitrogen and oxygen atoms in total. The van der Waals surface area contributed by atoms with Gasteiger partial charge in [-0.1, -0.05) is 34.8 Å². The third-order valence-corrected chi connectivity index (χ3v) is 3.32. The highest BCUT2D eigenvalue weighted by atomic mass is 35.5. The summed E-state index contributed by atoms with van der Waals surface area (Å²) in [7, 11) is 0. The van der Waals surface area contributed by atoms with Crippen molar-refractivity contribution in [3.8, 4) is 5.75 Å². The zero-order valence-electron chi connectivity index (χ0n) is 11.5. The number of phenols is 1. The maximum Gasteiger partial charge on any atom is 0.248 e. The summed E-state index contributed by atoms with van der Waals surface area (Å²) in [6.07, 6.45) is 0. The van der Waals surface area contributed by atoms with E-state index in [0.717, 1.165) is 0 Å². The topological polar surface area (TPSA) is 87.2 Å². The molecule has 0 spiro atoms. The van der Waals surface area contributed by atoms with Crippen LogP contribution in [0.4, 0.5) is 0 Å². The number of hydrogen-bond acceptors (Lipinski definition) is 3. The van der Waals surface area contributed by atoms with E-state index in [0.29, 0.717) is 21.2 Å². The summed E-state index contributed by atoms with van der Waals surface area (Å²) in [5.41, 5.74) is 6.06. The van der Waals surface area contributed by atoms with Crippen molar-refractivity contribution in [3.05, 3.63) is 62.6 Å². The molecule has 0 aliphatic heterocycles. The molecule has 0 heterocycles. The number of amides is 1. The molecule has 2 aromatic rings. The highest BCUT2D eigenvalue weighted by Crippen LogP contribution is 2.31. The summed E-state index contributed by atoms with van der Waals surface area (Å²) in [5, 5.41) is 17.8. The van der Waals surface area contributed by atoms with Crippen LogP contribution in [0, 0.1) is 5.41 Å². The van der Waals surface area contributed by atoms with E-state index in [1.54, 1.807) is 31.2 Å². The lowest BCUT2D eigenvalue weighted by Gasteiger charge is -2.04. The molecule has 2 aromatic carbocycles. The maximum atomic E-state index is 10.5. The molecule has 7 heteroatoms. The van der Waals surface area contributed by atoms with Crippen LogP contribution in [0.1, 0.15) is 22.8 Å². The Labute approximate surface area is 142 Å². The van der Waals surface area contributed by atoms with Crippen molar-refractivity contribution in [2.75, 3.05) is 0 Å². The third-order valence-electron chi connectivity index (χ3n) is 2.56. The van der Waals surface area contributed by atoms with Crippen LogP contribution in [-0.4, -0.2) is 16.7 Å². The summed E-state index contributed by atoms with van der Waals surface area (Å²) in [5.74, 6) is -0.523. The molecule has 0 saturated heterocycles. The molecule has 0 saturated carbocycles. The van der Waals surface area contributed by atoms with Crippen LogP contribution in [0.25, 0.3) is 0 Å². The number of phenolic OH excluding ortho intramolecular Hbond substituents is 1. The minimum atomic E-state index is -0.434. The molecule has 0 atom stereocenters. The summed E-state index contributed by atoms with van der Waals surface area (Å²) in [4.78, 5) is 10.5. The molecule has 0 aliphatic carbocycles. The van der Waals surface area contributed by atoms with Gasteiger partial charge in [-0.2, -0.15) is 0 Å². The second kappa shape index (κ2) is 8.03. The Kier molecular flexibility index (Phi) is 6.68. The van der Waals surface area contributed by atoms with Gasteiger partial charge in [0.05, 0.1) is 5.02 Å². The predicted octanol–water partition coefficient (Wildman–Crippen LogP) is 4.53. The molecule has 1 amide bonds. The van der Waals surface area contributed by atoms with E-state index in [9.17, 15) is 9.90 Å². The first-order chi connectivity index (χ1) is 10.2. The summed E-state index contributed by atoms with van der Waals surface area (Å²) in [6.45, 7) is 1.56. The number of carbonyl (C=O) groups excluding carboxylic acids is 1. The predicted molar refractivity (Wildman–Crippen MR) is 90.6 cm³/mol. The number of aromatic hydroxyl groups is 1. The minimum Gasteiger partial charge on any atom is -0.506 e. The number of rotatable bonds is 2. The van der Waals surface area contributed by atoms with Crippen LogP contribution in [0.15, 0.2) is 36.4 Å². The normalized spacial score (nSPS) is 9.64. The van der Waals surface area contributed by atoms with Crippen molar-refractivity contribution < 1.29 is 9.90 Å². The van der Waals surface area contributed by atoms with E-state index in [2.05, 4.69) is 0 Å². The number of carbonyl (C=O) groups is 1. The first-order valence-corrected chi connectivity index (χ1v) is 7.14. The molecule has 0 aliphatic rings. The quantitative estimate of drug-likeness (QED) is 0.688. The second-order valence-corrected chi connectivity index (χ2v) is 5.56. The largest absolute Gasteiger partial charge is 0.506 e. The number of hydrogen-bond donors (Lipinski definition) is 3. The number of nitrogens with one attached hydrogen (secondary N) is 1. The highest BCUT2D eigenvalue weighted by molar-refractivity contribution is 6.36. The average Bonchev–Trinajstić information content (AvgIpc) is 2.43. The van der Waals surface area contributed by atoms with Gasteiger partial charge in [0.2, 0.25) is 5.91 Å². The molecule has 0 radical (unpaired) electrons. The number of halogens is 3. The van der Waals surface area contributed by atoms with Gasteiger partial charge in [0.1, 0.15) is 5.75 Å². The van der Waals surface area contributed by atoms with Crippen molar-refractivity contribution in [3.63, 3.8) is 0 Å². The Bertz CT molecular complexity index is 701. The Balaban J connectivity index is 0.000000224. The van der Waals surface area contributed by atoms with Gasteiger partial charge in [-0.3, -0.25) is 4.79 Å². The number of nitrogens with two attached hydrogens (primary N) is 1. The van der Waals surface area contributed by atoms with E-state index >= 15 is 0 Å². The lowest BCUT2D eigenvalue weighted by Crippen LogP contribution is -2.10. The molecular weight excluding hydrogens is 347 g/mol. The van der Waals surface area contributed by atoms with E-state index < -0.39 is 5.91 Å². The lowest BCUT2D eigenvalue weighted by atomic mass is 10.1. The van der Waals surface area contributed by atoms with Crippen molar-refractivity contribution >= 4 is 46.4 Å². The average molecular weight is 360 g/mol. The van der Waals surface area contributed by atoms with Crippen molar-refractivity contribution in [1.29, 1.82) is 5.41 Å². The molecule has 2 rings (SSSR count). The van der Waals surface area contributed by atoms with Gasteiger partial charge >= 0.3 is 0 Å².